The molecule has 122 valence electrons. The molecule has 0 saturated carbocycles. The molecule has 1 fully saturated rings. The first kappa shape index (κ1) is 17.3. The molecule has 23 heavy (non-hydrogen) atoms. The van der Waals surface area contributed by atoms with Crippen LogP contribution in [0.15, 0.2) is 23.1 Å². The first-order valence-corrected chi connectivity index (χ1v) is 7.78. The van der Waals surface area contributed by atoms with E-state index in [2.05, 4.69) is 4.74 Å². The zero-order valence-electron chi connectivity index (χ0n) is 12.8. The number of nitrogens with zero attached hydrogens (tertiary/aromatic N) is 1. The number of carbonyl (C=O) groups is 2. The number of ether oxygens (including phenoxy) is 3. The molecule has 1 amide bonds. The maximum absolute atomic E-state index is 12.1. The Kier molecular flexibility index (Phi) is 5.62. The van der Waals surface area contributed by atoms with E-state index in [4.69, 9.17) is 21.7 Å². The molecule has 0 aliphatic carbocycles. The molecule has 1 aliphatic heterocycles. The average Bonchev–Trinajstić information content (AvgIpc) is 2.80. The first-order chi connectivity index (χ1) is 11.0. The van der Waals surface area contributed by atoms with Crippen LogP contribution in [-0.2, 0) is 14.3 Å². The highest BCUT2D eigenvalue weighted by Gasteiger charge is 2.29. The Morgan fingerprint density at radius 2 is 2.13 bits per heavy atom. The molecule has 1 saturated heterocycles. The lowest BCUT2D eigenvalue weighted by molar-refractivity contribution is -0.142. The minimum absolute atomic E-state index is 0.179. The highest BCUT2D eigenvalue weighted by molar-refractivity contribution is 8.26. The number of hydrogen-bond acceptors (Lipinski definition) is 7. The summed E-state index contributed by atoms with van der Waals surface area (Å²) in [5, 5.41) is 0. The number of rotatable bonds is 5. The number of hydrogen-bond donors (Lipinski definition) is 0. The van der Waals surface area contributed by atoms with Crippen molar-refractivity contribution in [1.29, 1.82) is 0 Å². The molecule has 0 unspecified atom stereocenters. The van der Waals surface area contributed by atoms with Crippen molar-refractivity contribution in [3.05, 3.63) is 28.7 Å². The summed E-state index contributed by atoms with van der Waals surface area (Å²) in [6, 6.07) is 5.23. The van der Waals surface area contributed by atoms with Gasteiger partial charge in [0.15, 0.2) is 18.1 Å². The number of esters is 1. The van der Waals surface area contributed by atoms with Gasteiger partial charge in [0.25, 0.3) is 5.91 Å². The Hall–Kier alpha value is -2.06. The monoisotopic (exact) mass is 353 g/mol. The predicted octanol–water partition coefficient (Wildman–Crippen LogP) is 2.08. The summed E-state index contributed by atoms with van der Waals surface area (Å²) in [7, 11) is 4.40. The SMILES string of the molecule is COC(=O)COc1c(/C=C2\SC(=S)N(C)C2=O)cccc1OC. The lowest BCUT2D eigenvalue weighted by atomic mass is 10.1. The van der Waals surface area contributed by atoms with Gasteiger partial charge in [-0.15, -0.1) is 0 Å². The lowest BCUT2D eigenvalue weighted by Gasteiger charge is -2.12. The van der Waals surface area contributed by atoms with Gasteiger partial charge in [-0.2, -0.15) is 0 Å². The van der Waals surface area contributed by atoms with Gasteiger partial charge in [0, 0.05) is 12.6 Å². The number of likely N-dealkylation sites (N-methyl/N-ethyl adjacent to an activating group) is 1. The summed E-state index contributed by atoms with van der Waals surface area (Å²) in [5.74, 6) is 0.125. The maximum Gasteiger partial charge on any atom is 0.343 e. The molecule has 1 aromatic carbocycles. The molecule has 1 aromatic rings. The number of amides is 1. The molecular formula is C15H15NO5S2. The van der Waals surface area contributed by atoms with E-state index in [1.54, 1.807) is 31.3 Å². The standard InChI is InChI=1S/C15H15NO5S2/c1-16-14(18)11(23-15(16)22)7-9-5-4-6-10(19-2)13(9)21-8-12(17)20-3/h4-7H,8H2,1-3H3/b11-7-. The van der Waals surface area contributed by atoms with Crippen LogP contribution in [0.25, 0.3) is 6.08 Å². The first-order valence-electron chi connectivity index (χ1n) is 6.56. The van der Waals surface area contributed by atoms with Gasteiger partial charge in [0.1, 0.15) is 4.32 Å². The zero-order valence-corrected chi connectivity index (χ0v) is 14.5. The van der Waals surface area contributed by atoms with E-state index in [-0.39, 0.29) is 12.5 Å². The second kappa shape index (κ2) is 7.47. The second-order valence-electron chi connectivity index (χ2n) is 4.48. The van der Waals surface area contributed by atoms with E-state index in [0.29, 0.717) is 26.3 Å². The average molecular weight is 353 g/mol. The molecule has 0 aromatic heterocycles. The van der Waals surface area contributed by atoms with Crippen molar-refractivity contribution in [2.75, 3.05) is 27.9 Å². The molecule has 0 bridgehead atoms. The smallest absolute Gasteiger partial charge is 0.343 e. The van der Waals surface area contributed by atoms with Crippen molar-refractivity contribution >= 4 is 46.3 Å². The Morgan fingerprint density at radius 1 is 1.39 bits per heavy atom. The van der Waals surface area contributed by atoms with E-state index in [0.717, 1.165) is 0 Å². The quantitative estimate of drug-likeness (QED) is 0.456. The zero-order chi connectivity index (χ0) is 17.0. The number of methoxy groups -OCH3 is 2. The van der Waals surface area contributed by atoms with Gasteiger partial charge in [-0.1, -0.05) is 36.1 Å². The second-order valence-corrected chi connectivity index (χ2v) is 6.16. The van der Waals surface area contributed by atoms with Crippen LogP contribution in [0.2, 0.25) is 0 Å². The van der Waals surface area contributed by atoms with Crippen molar-refractivity contribution in [2.45, 2.75) is 0 Å². The minimum Gasteiger partial charge on any atom is -0.493 e. The molecule has 0 radical (unpaired) electrons. The van der Waals surface area contributed by atoms with E-state index in [1.165, 1.54) is 30.9 Å². The van der Waals surface area contributed by atoms with Gasteiger partial charge in [-0.25, -0.2) is 4.79 Å². The Morgan fingerprint density at radius 3 is 2.70 bits per heavy atom. The van der Waals surface area contributed by atoms with Crippen LogP contribution in [-0.4, -0.2) is 49.0 Å². The van der Waals surface area contributed by atoms with Crippen LogP contribution in [0.5, 0.6) is 11.5 Å². The van der Waals surface area contributed by atoms with Crippen LogP contribution in [0.3, 0.4) is 0 Å². The number of thioether (sulfide) groups is 1. The van der Waals surface area contributed by atoms with Crippen molar-refractivity contribution in [1.82, 2.24) is 4.90 Å². The Labute approximate surface area is 143 Å². The van der Waals surface area contributed by atoms with E-state index in [9.17, 15) is 9.59 Å². The van der Waals surface area contributed by atoms with Crippen molar-refractivity contribution in [3.8, 4) is 11.5 Å². The largest absolute Gasteiger partial charge is 0.493 e. The summed E-state index contributed by atoms with van der Waals surface area (Å²) in [6.07, 6.45) is 1.66. The van der Waals surface area contributed by atoms with Gasteiger partial charge in [-0.05, 0) is 12.1 Å². The third-order valence-electron chi connectivity index (χ3n) is 3.06. The van der Waals surface area contributed by atoms with E-state index < -0.39 is 5.97 Å². The van der Waals surface area contributed by atoms with Crippen molar-refractivity contribution in [2.24, 2.45) is 0 Å². The fraction of sp³-hybridized carbons (Fsp3) is 0.267. The molecular weight excluding hydrogens is 338 g/mol. The number of para-hydroxylation sites is 1. The number of benzene rings is 1. The number of thiocarbonyl (C=S) groups is 1. The van der Waals surface area contributed by atoms with Crippen LogP contribution >= 0.6 is 24.0 Å². The van der Waals surface area contributed by atoms with Gasteiger partial charge in [-0.3, -0.25) is 9.69 Å². The summed E-state index contributed by atoms with van der Waals surface area (Å²) in [5.41, 5.74) is 0.613. The third kappa shape index (κ3) is 3.83. The summed E-state index contributed by atoms with van der Waals surface area (Å²) in [4.78, 5) is 25.3. The lowest BCUT2D eigenvalue weighted by Crippen LogP contribution is -2.22. The minimum atomic E-state index is -0.512. The molecule has 6 nitrogen and oxygen atoms in total. The highest BCUT2D eigenvalue weighted by atomic mass is 32.2. The van der Waals surface area contributed by atoms with E-state index >= 15 is 0 Å². The summed E-state index contributed by atoms with van der Waals surface area (Å²) < 4.78 is 15.8. The van der Waals surface area contributed by atoms with Crippen LogP contribution in [0.1, 0.15) is 5.56 Å². The fourth-order valence-electron chi connectivity index (χ4n) is 1.84. The van der Waals surface area contributed by atoms with Crippen LogP contribution < -0.4 is 9.47 Å². The molecule has 2 rings (SSSR count). The molecule has 0 N–H and O–H groups in total. The van der Waals surface area contributed by atoms with Gasteiger partial charge < -0.3 is 14.2 Å². The topological polar surface area (TPSA) is 65.1 Å². The van der Waals surface area contributed by atoms with Gasteiger partial charge >= 0.3 is 5.97 Å². The van der Waals surface area contributed by atoms with Crippen molar-refractivity contribution in [3.63, 3.8) is 0 Å². The normalized spacial score (nSPS) is 16.0. The predicted molar refractivity (Wildman–Crippen MR) is 91.4 cm³/mol. The number of carbonyl (C=O) groups excluding carboxylic acids is 2. The van der Waals surface area contributed by atoms with Crippen LogP contribution in [0.4, 0.5) is 0 Å². The molecule has 1 heterocycles. The Bertz CT molecular complexity index is 686. The molecule has 1 aliphatic rings. The fourth-order valence-corrected chi connectivity index (χ4v) is 3.01. The van der Waals surface area contributed by atoms with Crippen molar-refractivity contribution < 1.29 is 23.8 Å². The molecule has 0 atom stereocenters. The summed E-state index contributed by atoms with van der Waals surface area (Å²) in [6.45, 7) is -0.257. The highest BCUT2D eigenvalue weighted by Crippen LogP contribution is 2.37. The maximum atomic E-state index is 12.1. The Balaban J connectivity index is 2.36. The van der Waals surface area contributed by atoms with Gasteiger partial charge in [0.2, 0.25) is 0 Å². The molecule has 0 spiro atoms. The summed E-state index contributed by atoms with van der Waals surface area (Å²) >= 11 is 6.31. The molecule has 8 heteroatoms. The third-order valence-corrected chi connectivity index (χ3v) is 4.55. The van der Waals surface area contributed by atoms with E-state index in [1.807, 2.05) is 0 Å². The van der Waals surface area contributed by atoms with Crippen LogP contribution in [0, 0.1) is 0 Å². The van der Waals surface area contributed by atoms with Gasteiger partial charge in [0.05, 0.1) is 19.1 Å².